The average molecular weight is 571 g/mol. The Labute approximate surface area is 252 Å². The third-order valence-electron chi connectivity index (χ3n) is 8.29. The topological polar surface area (TPSA) is 75.3 Å². The molecule has 2 atom stereocenters. The molecule has 0 aliphatic heterocycles. The van der Waals surface area contributed by atoms with Crippen LogP contribution in [0.3, 0.4) is 0 Å². The number of rotatable bonds is 17. The summed E-state index contributed by atoms with van der Waals surface area (Å²) in [4.78, 5) is 11.0. The number of methoxy groups -OCH3 is 1. The van der Waals surface area contributed by atoms with Gasteiger partial charge in [0.15, 0.2) is 0 Å². The molecule has 1 heterocycles. The largest absolute Gasteiger partial charge is 0.396 e. The van der Waals surface area contributed by atoms with Gasteiger partial charge in [-0.25, -0.2) is 0 Å². The first-order chi connectivity index (χ1) is 20.1. The number of carbonyl (C=O) groups is 1. The number of fused-ring (bicyclic) bond motifs is 1. The smallest absolute Gasteiger partial charge is 0.122 e. The van der Waals surface area contributed by atoms with E-state index >= 15 is 0 Å². The van der Waals surface area contributed by atoms with Gasteiger partial charge in [-0.2, -0.15) is 0 Å². The predicted octanol–water partition coefficient (Wildman–Crippen LogP) is 8.31. The maximum absolute atomic E-state index is 11.0. The van der Waals surface area contributed by atoms with E-state index in [0.29, 0.717) is 18.9 Å². The van der Waals surface area contributed by atoms with Gasteiger partial charge in [0, 0.05) is 48.9 Å². The van der Waals surface area contributed by atoms with E-state index in [4.69, 9.17) is 10.1 Å². The van der Waals surface area contributed by atoms with Crippen molar-refractivity contribution in [3.8, 4) is 11.1 Å². The summed E-state index contributed by atoms with van der Waals surface area (Å²) in [5.74, 6) is 0.688. The number of ether oxygens (including phenoxy) is 1. The molecule has 0 saturated carbocycles. The Morgan fingerprint density at radius 2 is 1.88 bits per heavy atom. The van der Waals surface area contributed by atoms with Crippen LogP contribution < -0.4 is 0 Å². The predicted molar refractivity (Wildman–Crippen MR) is 177 cm³/mol. The van der Waals surface area contributed by atoms with Crippen LogP contribution in [0, 0.1) is 22.7 Å². The van der Waals surface area contributed by atoms with Crippen molar-refractivity contribution in [2.45, 2.75) is 73.3 Å². The summed E-state index contributed by atoms with van der Waals surface area (Å²) < 4.78 is 7.75. The number of hydrogen-bond acceptors (Lipinski definition) is 4. The number of aryl methyl sites for hydroxylation is 1. The van der Waals surface area contributed by atoms with Crippen molar-refractivity contribution in [2.24, 2.45) is 17.3 Å². The van der Waals surface area contributed by atoms with E-state index in [0.717, 1.165) is 77.4 Å². The Hall–Kier alpha value is -3.28. The fourth-order valence-corrected chi connectivity index (χ4v) is 5.91. The van der Waals surface area contributed by atoms with Gasteiger partial charge in [-0.05, 0) is 77.5 Å². The number of nitrogens with zero attached hydrogens (tertiary/aromatic N) is 1. The summed E-state index contributed by atoms with van der Waals surface area (Å²) in [7, 11) is 1.66. The van der Waals surface area contributed by atoms with Crippen molar-refractivity contribution in [1.82, 2.24) is 4.57 Å². The zero-order chi connectivity index (χ0) is 30.9. The van der Waals surface area contributed by atoms with Crippen LogP contribution >= 0.6 is 0 Å². The van der Waals surface area contributed by atoms with E-state index < -0.39 is 0 Å². The molecule has 3 rings (SSSR count). The van der Waals surface area contributed by atoms with Crippen molar-refractivity contribution < 1.29 is 14.6 Å². The van der Waals surface area contributed by atoms with Gasteiger partial charge in [-0.15, -0.1) is 0 Å². The summed E-state index contributed by atoms with van der Waals surface area (Å²) in [6.45, 7) is 15.8. The normalized spacial score (nSPS) is 14.0. The molecule has 0 aliphatic rings. The number of nitrogens with one attached hydrogen (secondary N) is 1. The molecule has 2 unspecified atom stereocenters. The molecular formula is C37H50N2O3. The minimum Gasteiger partial charge on any atom is -0.396 e. The average Bonchev–Trinajstić information content (AvgIpc) is 3.28. The first kappa shape index (κ1) is 33.2. The molecule has 0 amide bonds. The Morgan fingerprint density at radius 1 is 1.14 bits per heavy atom. The van der Waals surface area contributed by atoms with Crippen molar-refractivity contribution >= 4 is 29.0 Å². The van der Waals surface area contributed by atoms with Crippen LogP contribution in [0.2, 0.25) is 0 Å². The quantitative estimate of drug-likeness (QED) is 0.0973. The highest BCUT2D eigenvalue weighted by atomic mass is 16.5. The van der Waals surface area contributed by atoms with E-state index in [-0.39, 0.29) is 17.9 Å². The molecule has 3 aromatic rings. The van der Waals surface area contributed by atoms with Crippen LogP contribution in [0.25, 0.3) is 27.6 Å². The van der Waals surface area contributed by atoms with Crippen molar-refractivity contribution in [3.05, 3.63) is 77.5 Å². The monoisotopic (exact) mass is 570 g/mol. The number of carbonyl (C=O) groups excluding carboxylic acids is 1. The van der Waals surface area contributed by atoms with Gasteiger partial charge in [0.05, 0.1) is 12.3 Å². The second kappa shape index (κ2) is 15.3. The third kappa shape index (κ3) is 7.96. The highest BCUT2D eigenvalue weighted by Crippen LogP contribution is 2.38. The number of hydrogen-bond donors (Lipinski definition) is 2. The van der Waals surface area contributed by atoms with Crippen LogP contribution in [0.1, 0.15) is 70.7 Å². The van der Waals surface area contributed by atoms with Crippen LogP contribution in [0.5, 0.6) is 0 Å². The third-order valence-corrected chi connectivity index (χ3v) is 8.29. The molecule has 0 fully saturated rings. The minimum absolute atomic E-state index is 0.0647. The highest BCUT2D eigenvalue weighted by Gasteiger charge is 2.26. The van der Waals surface area contributed by atoms with Gasteiger partial charge in [-0.1, -0.05) is 83.5 Å². The Kier molecular flexibility index (Phi) is 12.1. The van der Waals surface area contributed by atoms with E-state index in [1.54, 1.807) is 13.2 Å². The number of benzene rings is 2. The molecule has 226 valence electrons. The number of aliphatic hydroxyl groups excluding tert-OH is 1. The van der Waals surface area contributed by atoms with E-state index in [1.807, 2.05) is 6.92 Å². The Balaban J connectivity index is 2.12. The standard InChI is InChI=1S/C37H50N2O3/c1-8-29(24-42-7)34(22-38)36-33(21-37(5,6)25-41)32-20-31(16-17-35(32)39(36)9-2)30-15-11-14-28(19-30)18-26(3)12-10-13-27(4)23-40/h8,11,14-17,19-20,22-23,26-27,38,41H,1,9-10,12-13,18,21,24-25H2,2-7H3/b34-29-,38-22?. The molecule has 1 aromatic heterocycles. The van der Waals surface area contributed by atoms with Crippen LogP contribution in [-0.4, -0.2) is 42.5 Å². The summed E-state index contributed by atoms with van der Waals surface area (Å²) in [5, 5.41) is 19.8. The van der Waals surface area contributed by atoms with E-state index in [2.05, 4.69) is 81.3 Å². The van der Waals surface area contributed by atoms with Crippen LogP contribution in [-0.2, 0) is 28.9 Å². The zero-order valence-corrected chi connectivity index (χ0v) is 26.5. The van der Waals surface area contributed by atoms with Gasteiger partial charge in [-0.3, -0.25) is 0 Å². The van der Waals surface area contributed by atoms with Gasteiger partial charge in [0.2, 0.25) is 0 Å². The Bertz CT molecular complexity index is 1410. The molecule has 0 bridgehead atoms. The molecule has 2 aromatic carbocycles. The van der Waals surface area contributed by atoms with Gasteiger partial charge in [0.25, 0.3) is 0 Å². The van der Waals surface area contributed by atoms with Crippen molar-refractivity contribution in [3.63, 3.8) is 0 Å². The molecule has 0 spiro atoms. The summed E-state index contributed by atoms with van der Waals surface area (Å²) in [6, 6.07) is 15.5. The molecule has 2 N–H and O–H groups in total. The van der Waals surface area contributed by atoms with E-state index in [9.17, 15) is 9.90 Å². The molecule has 5 heteroatoms. The molecule has 42 heavy (non-hydrogen) atoms. The lowest BCUT2D eigenvalue weighted by atomic mass is 9.84. The first-order valence-corrected chi connectivity index (χ1v) is 15.3. The molecule has 5 nitrogen and oxygen atoms in total. The SMILES string of the molecule is C=C/C(COC)=C(\C=N)c1c(CC(C)(C)CO)c2cc(-c3cccc(CC(C)CCCC(C)C=O)c3)ccc2n1CC. The molecule has 0 radical (unpaired) electrons. The minimum atomic E-state index is -0.333. The van der Waals surface area contributed by atoms with Gasteiger partial charge < -0.3 is 24.6 Å². The lowest BCUT2D eigenvalue weighted by Gasteiger charge is -2.23. The summed E-state index contributed by atoms with van der Waals surface area (Å²) >= 11 is 0. The molecular weight excluding hydrogens is 520 g/mol. The van der Waals surface area contributed by atoms with Crippen molar-refractivity contribution in [2.75, 3.05) is 20.3 Å². The van der Waals surface area contributed by atoms with Crippen LogP contribution in [0.4, 0.5) is 0 Å². The number of aromatic nitrogens is 1. The van der Waals surface area contributed by atoms with Crippen LogP contribution in [0.15, 0.2) is 60.7 Å². The maximum atomic E-state index is 11.0. The lowest BCUT2D eigenvalue weighted by molar-refractivity contribution is -0.110. The highest BCUT2D eigenvalue weighted by molar-refractivity contribution is 6.12. The lowest BCUT2D eigenvalue weighted by Crippen LogP contribution is -2.21. The summed E-state index contributed by atoms with van der Waals surface area (Å²) in [6.07, 6.45) is 9.07. The Morgan fingerprint density at radius 3 is 2.50 bits per heavy atom. The second-order valence-corrected chi connectivity index (χ2v) is 12.6. The molecule has 0 saturated heterocycles. The second-order valence-electron chi connectivity index (χ2n) is 12.6. The van der Waals surface area contributed by atoms with E-state index in [1.165, 1.54) is 17.3 Å². The number of allylic oxidation sites excluding steroid dienone is 1. The van der Waals surface area contributed by atoms with Crippen molar-refractivity contribution in [1.29, 1.82) is 5.41 Å². The zero-order valence-electron chi connectivity index (χ0n) is 26.5. The number of aliphatic hydroxyl groups is 1. The summed E-state index contributed by atoms with van der Waals surface area (Å²) in [5.41, 5.74) is 8.25. The van der Waals surface area contributed by atoms with Gasteiger partial charge in [0.1, 0.15) is 6.29 Å². The number of aldehydes is 1. The maximum Gasteiger partial charge on any atom is 0.122 e. The fraction of sp³-hybridized carbons (Fsp3) is 0.459. The van der Waals surface area contributed by atoms with Gasteiger partial charge >= 0.3 is 0 Å². The first-order valence-electron chi connectivity index (χ1n) is 15.3. The fourth-order valence-electron chi connectivity index (χ4n) is 5.91. The molecule has 0 aliphatic carbocycles.